The van der Waals surface area contributed by atoms with Gasteiger partial charge in [-0.05, 0) is 19.1 Å². The van der Waals surface area contributed by atoms with Gasteiger partial charge in [0, 0.05) is 30.4 Å². The number of halogens is 1. The largest absolute Gasteiger partial charge is 0.371 e. The number of hydrogen-bond acceptors (Lipinski definition) is 4. The zero-order chi connectivity index (χ0) is 13.5. The summed E-state index contributed by atoms with van der Waals surface area (Å²) in [6, 6.07) is 6.95. The molecule has 0 radical (unpaired) electrons. The molecule has 0 heterocycles. The number of hydrogen-bond donors (Lipinski definition) is 0. The highest BCUT2D eigenvalue weighted by molar-refractivity contribution is 6.17. The van der Waals surface area contributed by atoms with E-state index < -0.39 is 4.92 Å². The summed E-state index contributed by atoms with van der Waals surface area (Å²) in [5.41, 5.74) is 1.38. The number of anilines is 1. The van der Waals surface area contributed by atoms with Crippen molar-refractivity contribution >= 4 is 23.0 Å². The van der Waals surface area contributed by atoms with Crippen molar-refractivity contribution in [3.8, 4) is 6.07 Å². The molecule has 5 nitrogen and oxygen atoms in total. The second kappa shape index (κ2) is 6.82. The molecular formula is C12H14ClN3O2. The first kappa shape index (κ1) is 14.3. The molecule has 0 saturated carbocycles. The summed E-state index contributed by atoms with van der Waals surface area (Å²) in [6.45, 7) is 3.31. The van der Waals surface area contributed by atoms with Crippen LogP contribution in [0.15, 0.2) is 18.2 Å². The summed E-state index contributed by atoms with van der Waals surface area (Å²) < 4.78 is 0. The van der Waals surface area contributed by atoms with E-state index in [1.165, 1.54) is 6.07 Å². The van der Waals surface area contributed by atoms with Crippen LogP contribution < -0.4 is 4.90 Å². The van der Waals surface area contributed by atoms with Crippen molar-refractivity contribution in [2.75, 3.05) is 18.0 Å². The zero-order valence-electron chi connectivity index (χ0n) is 10.1. The van der Waals surface area contributed by atoms with Crippen molar-refractivity contribution in [2.24, 2.45) is 0 Å². The Hall–Kier alpha value is -1.80. The van der Waals surface area contributed by atoms with E-state index in [1.807, 2.05) is 11.8 Å². The minimum Gasteiger partial charge on any atom is -0.371 e. The molecule has 1 aromatic carbocycles. The lowest BCUT2D eigenvalue weighted by Gasteiger charge is -2.22. The van der Waals surface area contributed by atoms with E-state index in [9.17, 15) is 10.1 Å². The highest BCUT2D eigenvalue weighted by Gasteiger charge is 2.15. The fourth-order valence-electron chi connectivity index (χ4n) is 1.71. The smallest absolute Gasteiger partial charge is 0.273 e. The van der Waals surface area contributed by atoms with E-state index in [-0.39, 0.29) is 11.6 Å². The van der Waals surface area contributed by atoms with Gasteiger partial charge in [0.1, 0.15) is 0 Å². The van der Waals surface area contributed by atoms with Gasteiger partial charge in [0.25, 0.3) is 5.69 Å². The maximum Gasteiger partial charge on any atom is 0.273 e. The Morgan fingerprint density at radius 3 is 2.78 bits per heavy atom. The first-order valence-corrected chi connectivity index (χ1v) is 6.12. The predicted octanol–water partition coefficient (Wildman–Crippen LogP) is 3.07. The van der Waals surface area contributed by atoms with Crippen LogP contribution in [0.2, 0.25) is 0 Å². The highest BCUT2D eigenvalue weighted by atomic mass is 35.5. The molecule has 96 valence electrons. The second-order valence-electron chi connectivity index (χ2n) is 3.69. The Morgan fingerprint density at radius 2 is 2.28 bits per heavy atom. The van der Waals surface area contributed by atoms with Gasteiger partial charge in [0.2, 0.25) is 0 Å². The number of nitro benzene ring substituents is 1. The van der Waals surface area contributed by atoms with Gasteiger partial charge in [0.05, 0.1) is 23.3 Å². The van der Waals surface area contributed by atoms with Gasteiger partial charge in [-0.25, -0.2) is 0 Å². The minimum absolute atomic E-state index is 0.0325. The summed E-state index contributed by atoms with van der Waals surface area (Å²) in [4.78, 5) is 12.3. The van der Waals surface area contributed by atoms with Crippen molar-refractivity contribution in [3.05, 3.63) is 33.9 Å². The normalized spacial score (nSPS) is 9.83. The number of nitro groups is 1. The molecule has 1 aromatic rings. The highest BCUT2D eigenvalue weighted by Crippen LogP contribution is 2.26. The van der Waals surface area contributed by atoms with Crippen LogP contribution in [0.25, 0.3) is 0 Å². The van der Waals surface area contributed by atoms with Gasteiger partial charge < -0.3 is 4.90 Å². The molecule has 0 aromatic heterocycles. The maximum absolute atomic E-state index is 10.8. The molecule has 0 amide bonds. The molecule has 0 saturated heterocycles. The number of nitrogens with zero attached hydrogens (tertiary/aromatic N) is 3. The number of rotatable bonds is 6. The molecule has 0 N–H and O–H groups in total. The molecule has 0 aliphatic rings. The van der Waals surface area contributed by atoms with Gasteiger partial charge >= 0.3 is 0 Å². The number of benzene rings is 1. The number of alkyl halides is 1. The van der Waals surface area contributed by atoms with Crippen LogP contribution in [0.5, 0.6) is 0 Å². The molecule has 0 aliphatic carbocycles. The Morgan fingerprint density at radius 1 is 1.56 bits per heavy atom. The van der Waals surface area contributed by atoms with Crippen LogP contribution in [0.3, 0.4) is 0 Å². The fraction of sp³-hybridized carbons (Fsp3) is 0.417. The molecule has 0 bridgehead atoms. The third-order valence-electron chi connectivity index (χ3n) is 2.64. The summed E-state index contributed by atoms with van der Waals surface area (Å²) in [5, 5.41) is 19.4. The first-order valence-electron chi connectivity index (χ1n) is 5.59. The third kappa shape index (κ3) is 3.34. The topological polar surface area (TPSA) is 70.2 Å². The van der Waals surface area contributed by atoms with Crippen LogP contribution in [0.4, 0.5) is 11.4 Å². The SMILES string of the molecule is CCN(CCC#N)c1ccc([N+](=O)[O-])c(CCl)c1. The van der Waals surface area contributed by atoms with E-state index in [2.05, 4.69) is 6.07 Å². The fourth-order valence-corrected chi connectivity index (χ4v) is 1.92. The molecule has 0 unspecified atom stereocenters. The lowest BCUT2D eigenvalue weighted by molar-refractivity contribution is -0.385. The maximum atomic E-state index is 10.8. The Kier molecular flexibility index (Phi) is 5.40. The minimum atomic E-state index is -0.437. The standard InChI is InChI=1S/C12H14ClN3O2/c1-2-15(7-3-6-14)11-4-5-12(16(17)18)10(8-11)9-13/h4-5,8H,2-3,7,9H2,1H3. The van der Waals surface area contributed by atoms with E-state index >= 15 is 0 Å². The van der Waals surface area contributed by atoms with Crippen molar-refractivity contribution < 1.29 is 4.92 Å². The van der Waals surface area contributed by atoms with Gasteiger partial charge in [-0.2, -0.15) is 5.26 Å². The van der Waals surface area contributed by atoms with Crippen LogP contribution in [-0.2, 0) is 5.88 Å². The lowest BCUT2D eigenvalue weighted by Crippen LogP contribution is -2.23. The number of nitriles is 1. The molecule has 6 heteroatoms. The molecule has 0 spiro atoms. The average molecular weight is 268 g/mol. The third-order valence-corrected chi connectivity index (χ3v) is 2.93. The molecule has 18 heavy (non-hydrogen) atoms. The molecular weight excluding hydrogens is 254 g/mol. The van der Waals surface area contributed by atoms with Crippen LogP contribution in [0.1, 0.15) is 18.9 Å². The Labute approximate surface area is 111 Å². The monoisotopic (exact) mass is 267 g/mol. The van der Waals surface area contributed by atoms with Crippen molar-refractivity contribution in [1.82, 2.24) is 0 Å². The van der Waals surface area contributed by atoms with Crippen molar-refractivity contribution in [3.63, 3.8) is 0 Å². The van der Waals surface area contributed by atoms with Gasteiger partial charge in [-0.1, -0.05) is 0 Å². The summed E-state index contributed by atoms with van der Waals surface area (Å²) >= 11 is 5.73. The lowest BCUT2D eigenvalue weighted by atomic mass is 10.1. The molecule has 0 fully saturated rings. The zero-order valence-corrected chi connectivity index (χ0v) is 10.9. The Bertz CT molecular complexity index is 471. The summed E-state index contributed by atoms with van der Waals surface area (Å²) in [6.07, 6.45) is 0.418. The van der Waals surface area contributed by atoms with E-state index in [1.54, 1.807) is 12.1 Å². The van der Waals surface area contributed by atoms with Gasteiger partial charge in [0.15, 0.2) is 0 Å². The van der Waals surface area contributed by atoms with Crippen LogP contribution >= 0.6 is 11.6 Å². The average Bonchev–Trinajstić information content (AvgIpc) is 2.39. The quantitative estimate of drug-likeness (QED) is 0.451. The summed E-state index contributed by atoms with van der Waals surface area (Å²) in [7, 11) is 0. The van der Waals surface area contributed by atoms with E-state index in [0.717, 1.165) is 12.2 Å². The van der Waals surface area contributed by atoms with Crippen molar-refractivity contribution in [2.45, 2.75) is 19.2 Å². The van der Waals surface area contributed by atoms with E-state index in [0.29, 0.717) is 18.5 Å². The van der Waals surface area contributed by atoms with Crippen molar-refractivity contribution in [1.29, 1.82) is 5.26 Å². The second-order valence-corrected chi connectivity index (χ2v) is 3.96. The Balaban J connectivity index is 3.03. The van der Waals surface area contributed by atoms with Gasteiger partial charge in [-0.3, -0.25) is 10.1 Å². The summed E-state index contributed by atoms with van der Waals surface area (Å²) in [5.74, 6) is 0.0972. The van der Waals surface area contributed by atoms with Crippen LogP contribution in [0, 0.1) is 21.4 Å². The predicted molar refractivity (Wildman–Crippen MR) is 70.8 cm³/mol. The van der Waals surface area contributed by atoms with Crippen LogP contribution in [-0.4, -0.2) is 18.0 Å². The van der Waals surface area contributed by atoms with Gasteiger partial charge in [-0.15, -0.1) is 11.6 Å². The molecule has 0 atom stereocenters. The molecule has 1 rings (SSSR count). The first-order chi connectivity index (χ1) is 8.63. The van der Waals surface area contributed by atoms with E-state index in [4.69, 9.17) is 16.9 Å². The molecule has 0 aliphatic heterocycles.